The molecule has 19 heavy (non-hydrogen) atoms. The summed E-state index contributed by atoms with van der Waals surface area (Å²) in [6.45, 7) is 11.9. The summed E-state index contributed by atoms with van der Waals surface area (Å²) in [5.74, 6) is 4.42. The van der Waals surface area contributed by atoms with Crippen molar-refractivity contribution in [2.75, 3.05) is 0 Å². The Balaban J connectivity index is 2.01. The van der Waals surface area contributed by atoms with Crippen molar-refractivity contribution in [1.82, 2.24) is 0 Å². The number of allylic oxidation sites excluding steroid dienone is 1. The third-order valence-electron chi connectivity index (χ3n) is 6.05. The van der Waals surface area contributed by atoms with Crippen LogP contribution in [-0.4, -0.2) is 0 Å². The number of rotatable bonds is 4. The highest BCUT2D eigenvalue weighted by Gasteiger charge is 2.32. The molecule has 2 saturated carbocycles. The summed E-state index contributed by atoms with van der Waals surface area (Å²) in [5, 5.41) is 0. The van der Waals surface area contributed by atoms with E-state index in [0.717, 1.165) is 29.6 Å². The second-order valence-electron chi connectivity index (χ2n) is 7.49. The van der Waals surface area contributed by atoms with Gasteiger partial charge in [-0.25, -0.2) is 0 Å². The summed E-state index contributed by atoms with van der Waals surface area (Å²) in [4.78, 5) is 0. The van der Waals surface area contributed by atoms with Gasteiger partial charge in [0.25, 0.3) is 0 Å². The summed E-state index contributed by atoms with van der Waals surface area (Å²) in [6, 6.07) is 0. The van der Waals surface area contributed by atoms with E-state index in [9.17, 15) is 0 Å². The Morgan fingerprint density at radius 2 is 1.79 bits per heavy atom. The highest BCUT2D eigenvalue weighted by atomic mass is 14.4. The summed E-state index contributed by atoms with van der Waals surface area (Å²) >= 11 is 0. The van der Waals surface area contributed by atoms with Crippen LogP contribution in [0.2, 0.25) is 0 Å². The van der Waals surface area contributed by atoms with Gasteiger partial charge in [0, 0.05) is 0 Å². The molecule has 2 rings (SSSR count). The van der Waals surface area contributed by atoms with Gasteiger partial charge in [-0.3, -0.25) is 0 Å². The Labute approximate surface area is 121 Å². The van der Waals surface area contributed by atoms with E-state index in [4.69, 9.17) is 0 Å². The average Bonchev–Trinajstić information content (AvgIpc) is 2.40. The van der Waals surface area contributed by atoms with E-state index < -0.39 is 0 Å². The van der Waals surface area contributed by atoms with Gasteiger partial charge in [-0.15, -0.1) is 0 Å². The normalized spacial score (nSPS) is 37.8. The van der Waals surface area contributed by atoms with Crippen LogP contribution in [0.1, 0.15) is 78.6 Å². The lowest BCUT2D eigenvalue weighted by atomic mass is 9.66. The molecule has 0 aromatic heterocycles. The van der Waals surface area contributed by atoms with Crippen molar-refractivity contribution in [3.8, 4) is 0 Å². The zero-order valence-electron chi connectivity index (χ0n) is 13.5. The molecule has 0 aliphatic heterocycles. The fraction of sp³-hybridized carbons (Fsp3) is 0.895. The van der Waals surface area contributed by atoms with Crippen LogP contribution in [0.15, 0.2) is 12.2 Å². The first kappa shape index (κ1) is 15.1. The smallest absolute Gasteiger partial charge is 0.0177 e. The van der Waals surface area contributed by atoms with Crippen LogP contribution in [0.5, 0.6) is 0 Å². The molecule has 0 saturated heterocycles. The van der Waals surface area contributed by atoms with Gasteiger partial charge < -0.3 is 0 Å². The Morgan fingerprint density at radius 1 is 1.05 bits per heavy atom. The van der Waals surface area contributed by atoms with Gasteiger partial charge in [-0.1, -0.05) is 65.0 Å². The van der Waals surface area contributed by atoms with E-state index in [1.807, 2.05) is 0 Å². The second kappa shape index (κ2) is 6.95. The first-order valence-corrected chi connectivity index (χ1v) is 8.82. The van der Waals surface area contributed by atoms with Gasteiger partial charge in [0.1, 0.15) is 0 Å². The summed E-state index contributed by atoms with van der Waals surface area (Å²) in [7, 11) is 0. The molecular weight excluding hydrogens is 228 g/mol. The molecule has 0 bridgehead atoms. The molecule has 0 heteroatoms. The van der Waals surface area contributed by atoms with Crippen LogP contribution in [-0.2, 0) is 0 Å². The van der Waals surface area contributed by atoms with E-state index in [2.05, 4.69) is 27.4 Å². The van der Waals surface area contributed by atoms with E-state index >= 15 is 0 Å². The van der Waals surface area contributed by atoms with Crippen LogP contribution in [0.3, 0.4) is 0 Å². The van der Waals surface area contributed by atoms with E-state index in [1.165, 1.54) is 57.8 Å². The van der Waals surface area contributed by atoms with Crippen molar-refractivity contribution < 1.29 is 0 Å². The maximum absolute atomic E-state index is 4.60. The standard InChI is InChI=1S/C19H34/c1-5-18(17-11-8-9-14(2)13-17)16(4)19-12-7-6-10-15(19)3/h14-15,17-19H,4-13H2,1-3H3. The Bertz CT molecular complexity index is 290. The van der Waals surface area contributed by atoms with E-state index in [1.54, 1.807) is 5.57 Å². The predicted octanol–water partition coefficient (Wildman–Crippen LogP) is 6.22. The average molecular weight is 262 g/mol. The molecule has 0 heterocycles. The fourth-order valence-corrected chi connectivity index (χ4v) is 4.89. The summed E-state index contributed by atoms with van der Waals surface area (Å²) < 4.78 is 0. The van der Waals surface area contributed by atoms with Gasteiger partial charge in [-0.05, 0) is 55.3 Å². The Hall–Kier alpha value is -0.260. The van der Waals surface area contributed by atoms with Crippen LogP contribution in [0.25, 0.3) is 0 Å². The molecule has 110 valence electrons. The maximum Gasteiger partial charge on any atom is -0.0177 e. The van der Waals surface area contributed by atoms with Gasteiger partial charge >= 0.3 is 0 Å². The predicted molar refractivity (Wildman–Crippen MR) is 85.2 cm³/mol. The lowest BCUT2D eigenvalue weighted by Crippen LogP contribution is -2.28. The molecule has 0 amide bonds. The number of hydrogen-bond acceptors (Lipinski definition) is 0. The van der Waals surface area contributed by atoms with Crippen LogP contribution in [0, 0.1) is 29.6 Å². The zero-order valence-corrected chi connectivity index (χ0v) is 13.5. The third kappa shape index (κ3) is 3.64. The van der Waals surface area contributed by atoms with Gasteiger partial charge in [0.2, 0.25) is 0 Å². The molecule has 2 fully saturated rings. The first-order valence-electron chi connectivity index (χ1n) is 8.82. The summed E-state index contributed by atoms with van der Waals surface area (Å²) in [5.41, 5.74) is 1.63. The monoisotopic (exact) mass is 262 g/mol. The van der Waals surface area contributed by atoms with Crippen molar-refractivity contribution in [1.29, 1.82) is 0 Å². The van der Waals surface area contributed by atoms with Crippen LogP contribution in [0.4, 0.5) is 0 Å². The quantitative estimate of drug-likeness (QED) is 0.527. The lowest BCUT2D eigenvalue weighted by molar-refractivity contribution is 0.192. The van der Waals surface area contributed by atoms with Crippen molar-refractivity contribution in [2.45, 2.75) is 78.6 Å². The number of hydrogen-bond donors (Lipinski definition) is 0. The molecule has 2 aliphatic carbocycles. The van der Waals surface area contributed by atoms with Crippen molar-refractivity contribution in [3.05, 3.63) is 12.2 Å². The topological polar surface area (TPSA) is 0 Å². The minimum absolute atomic E-state index is 0.813. The zero-order chi connectivity index (χ0) is 13.8. The highest BCUT2D eigenvalue weighted by molar-refractivity contribution is 5.10. The fourth-order valence-electron chi connectivity index (χ4n) is 4.89. The molecule has 0 nitrogen and oxygen atoms in total. The van der Waals surface area contributed by atoms with Crippen molar-refractivity contribution in [3.63, 3.8) is 0 Å². The largest absolute Gasteiger partial charge is 0.0993 e. The molecule has 0 aromatic rings. The highest BCUT2D eigenvalue weighted by Crippen LogP contribution is 2.44. The summed E-state index contributed by atoms with van der Waals surface area (Å²) in [6.07, 6.45) is 12.9. The molecular formula is C19H34. The van der Waals surface area contributed by atoms with Crippen molar-refractivity contribution in [2.24, 2.45) is 29.6 Å². The maximum atomic E-state index is 4.60. The lowest BCUT2D eigenvalue weighted by Gasteiger charge is -2.39. The van der Waals surface area contributed by atoms with Gasteiger partial charge in [0.15, 0.2) is 0 Å². The van der Waals surface area contributed by atoms with Crippen LogP contribution < -0.4 is 0 Å². The second-order valence-corrected chi connectivity index (χ2v) is 7.49. The molecule has 0 N–H and O–H groups in total. The Morgan fingerprint density at radius 3 is 2.42 bits per heavy atom. The van der Waals surface area contributed by atoms with Crippen LogP contribution >= 0.6 is 0 Å². The minimum atomic E-state index is 0.813. The molecule has 2 aliphatic rings. The molecule has 0 spiro atoms. The molecule has 0 aromatic carbocycles. The first-order chi connectivity index (χ1) is 9.13. The van der Waals surface area contributed by atoms with Gasteiger partial charge in [0.05, 0.1) is 0 Å². The molecule has 5 atom stereocenters. The van der Waals surface area contributed by atoms with Gasteiger partial charge in [-0.2, -0.15) is 0 Å². The van der Waals surface area contributed by atoms with E-state index in [-0.39, 0.29) is 0 Å². The molecule has 5 unspecified atom stereocenters. The minimum Gasteiger partial charge on any atom is -0.0993 e. The Kier molecular flexibility index (Phi) is 5.54. The van der Waals surface area contributed by atoms with E-state index in [0.29, 0.717) is 0 Å². The molecule has 0 radical (unpaired) electrons. The SMILES string of the molecule is C=C(C1CCCCC1C)C(CC)C1CCCC(C)C1. The third-order valence-corrected chi connectivity index (χ3v) is 6.05. The van der Waals surface area contributed by atoms with Crippen molar-refractivity contribution >= 4 is 0 Å².